The fourth-order valence-electron chi connectivity index (χ4n) is 3.92. The number of nitrogens with one attached hydrogen (secondary N) is 1. The van der Waals surface area contributed by atoms with Crippen LogP contribution in [0.3, 0.4) is 0 Å². The first-order valence-electron chi connectivity index (χ1n) is 7.68. The molecule has 23 heavy (non-hydrogen) atoms. The van der Waals surface area contributed by atoms with Crippen LogP contribution < -0.4 is 5.76 Å². The van der Waals surface area contributed by atoms with Gasteiger partial charge in [0, 0.05) is 19.0 Å². The molecular weight excluding hydrogens is 301 g/mol. The highest BCUT2D eigenvalue weighted by atomic mass is 19.1. The Morgan fingerprint density at radius 2 is 2.26 bits per heavy atom. The van der Waals surface area contributed by atoms with Gasteiger partial charge in [-0.2, -0.15) is 0 Å². The maximum absolute atomic E-state index is 13.6. The molecule has 2 heterocycles. The van der Waals surface area contributed by atoms with Crippen LogP contribution in [0.2, 0.25) is 0 Å². The van der Waals surface area contributed by atoms with Crippen LogP contribution in [0, 0.1) is 11.2 Å². The minimum Gasteiger partial charge on any atom is -0.335 e. The van der Waals surface area contributed by atoms with Gasteiger partial charge in [-0.1, -0.05) is 18.6 Å². The average Bonchev–Trinajstić information content (AvgIpc) is 3.10. The third kappa shape index (κ3) is 2.27. The molecule has 1 saturated carbocycles. The molecule has 2 fully saturated rings. The molecule has 1 N–H and O–H groups in total. The van der Waals surface area contributed by atoms with Crippen molar-refractivity contribution in [2.24, 2.45) is 5.41 Å². The minimum absolute atomic E-state index is 0.00742. The van der Waals surface area contributed by atoms with E-state index in [0.29, 0.717) is 13.1 Å². The van der Waals surface area contributed by atoms with Gasteiger partial charge >= 0.3 is 5.76 Å². The molecule has 1 aliphatic heterocycles. The number of aromatic amines is 1. The van der Waals surface area contributed by atoms with E-state index in [-0.39, 0.29) is 28.9 Å². The second-order valence-corrected chi connectivity index (χ2v) is 6.45. The lowest BCUT2D eigenvalue weighted by Crippen LogP contribution is -2.38. The molecule has 1 aromatic heterocycles. The van der Waals surface area contributed by atoms with Gasteiger partial charge in [-0.15, -0.1) is 0 Å². The molecule has 1 aromatic carbocycles. The van der Waals surface area contributed by atoms with E-state index < -0.39 is 5.76 Å². The highest BCUT2D eigenvalue weighted by Crippen LogP contribution is 2.55. The monoisotopic (exact) mass is 317 g/mol. The summed E-state index contributed by atoms with van der Waals surface area (Å²) in [5.41, 5.74) is 0.932. The molecule has 2 aliphatic rings. The van der Waals surface area contributed by atoms with Crippen molar-refractivity contribution < 1.29 is 13.7 Å². The molecule has 7 heteroatoms. The molecule has 1 aliphatic carbocycles. The molecule has 0 radical (unpaired) electrons. The van der Waals surface area contributed by atoms with Gasteiger partial charge in [-0.3, -0.25) is 14.3 Å². The molecule has 0 bridgehead atoms. The zero-order valence-corrected chi connectivity index (χ0v) is 12.4. The number of hydrogen-bond acceptors (Lipinski definition) is 4. The van der Waals surface area contributed by atoms with E-state index >= 15 is 0 Å². The number of H-pyrrole nitrogens is 1. The van der Waals surface area contributed by atoms with Crippen molar-refractivity contribution in [3.8, 4) is 0 Å². The molecule has 1 unspecified atom stereocenters. The SMILES string of the molecule is O=C(c1noc(=O)[nH]1)N1CC(c2cccc(F)c2)C2(CCC2)C1. The Bertz CT molecular complexity index is 809. The lowest BCUT2D eigenvalue weighted by atomic mass is 9.61. The number of nitrogens with zero attached hydrogens (tertiary/aromatic N) is 2. The largest absolute Gasteiger partial charge is 0.439 e. The fourth-order valence-corrected chi connectivity index (χ4v) is 3.92. The highest BCUT2D eigenvalue weighted by Gasteiger charge is 2.52. The van der Waals surface area contributed by atoms with Crippen LogP contribution in [0.15, 0.2) is 33.6 Å². The van der Waals surface area contributed by atoms with Crippen LogP contribution in [0.25, 0.3) is 0 Å². The Morgan fingerprint density at radius 3 is 2.87 bits per heavy atom. The van der Waals surface area contributed by atoms with Gasteiger partial charge in [-0.05, 0) is 41.1 Å². The zero-order chi connectivity index (χ0) is 16.0. The molecule has 6 nitrogen and oxygen atoms in total. The molecule has 1 amide bonds. The lowest BCUT2D eigenvalue weighted by Gasteiger charge is -2.42. The first kappa shape index (κ1) is 14.2. The Labute approximate surface area is 131 Å². The van der Waals surface area contributed by atoms with E-state index in [2.05, 4.69) is 14.7 Å². The molecule has 1 atom stereocenters. The number of carbonyl (C=O) groups excluding carboxylic acids is 1. The number of benzene rings is 1. The summed E-state index contributed by atoms with van der Waals surface area (Å²) in [6.45, 7) is 1.10. The number of amides is 1. The zero-order valence-electron chi connectivity index (χ0n) is 12.4. The number of hydrogen-bond donors (Lipinski definition) is 1. The van der Waals surface area contributed by atoms with Crippen molar-refractivity contribution in [1.29, 1.82) is 0 Å². The normalized spacial score (nSPS) is 22.3. The first-order valence-corrected chi connectivity index (χ1v) is 7.68. The van der Waals surface area contributed by atoms with Crippen LogP contribution in [0.1, 0.15) is 41.4 Å². The van der Waals surface area contributed by atoms with Gasteiger partial charge in [0.1, 0.15) is 5.82 Å². The number of rotatable bonds is 2. The van der Waals surface area contributed by atoms with Crippen molar-refractivity contribution in [3.63, 3.8) is 0 Å². The Hall–Kier alpha value is -2.44. The molecular formula is C16H16FN3O3. The first-order chi connectivity index (χ1) is 11.1. The predicted molar refractivity (Wildman–Crippen MR) is 78.5 cm³/mol. The maximum atomic E-state index is 13.6. The summed E-state index contributed by atoms with van der Waals surface area (Å²) < 4.78 is 18.0. The van der Waals surface area contributed by atoms with Gasteiger partial charge in [-0.25, -0.2) is 9.18 Å². The predicted octanol–water partition coefficient (Wildman–Crippen LogP) is 1.91. The topological polar surface area (TPSA) is 79.2 Å². The van der Waals surface area contributed by atoms with Crippen molar-refractivity contribution >= 4 is 5.91 Å². The number of aromatic nitrogens is 2. The molecule has 2 aromatic rings. The summed E-state index contributed by atoms with van der Waals surface area (Å²) in [6, 6.07) is 6.60. The molecule has 4 rings (SSSR count). The lowest BCUT2D eigenvalue weighted by molar-refractivity contribution is 0.0711. The van der Waals surface area contributed by atoms with Gasteiger partial charge < -0.3 is 4.90 Å². The van der Waals surface area contributed by atoms with Crippen LogP contribution in [0.5, 0.6) is 0 Å². The molecule has 1 spiro atoms. The fraction of sp³-hybridized carbons (Fsp3) is 0.438. The third-order valence-corrected chi connectivity index (χ3v) is 5.18. The minimum atomic E-state index is -0.743. The second-order valence-electron chi connectivity index (χ2n) is 6.45. The van der Waals surface area contributed by atoms with E-state index in [1.54, 1.807) is 17.0 Å². The smallest absolute Gasteiger partial charge is 0.335 e. The second kappa shape index (κ2) is 5.04. The van der Waals surface area contributed by atoms with Crippen LogP contribution in [-0.4, -0.2) is 34.0 Å². The summed E-state index contributed by atoms with van der Waals surface area (Å²) in [7, 11) is 0. The summed E-state index contributed by atoms with van der Waals surface area (Å²) in [5.74, 6) is -1.32. The number of likely N-dealkylation sites (tertiary alicyclic amines) is 1. The van der Waals surface area contributed by atoms with Gasteiger partial charge in [0.05, 0.1) is 0 Å². The van der Waals surface area contributed by atoms with Gasteiger partial charge in [0.25, 0.3) is 5.91 Å². The summed E-state index contributed by atoms with van der Waals surface area (Å²) >= 11 is 0. The highest BCUT2D eigenvalue weighted by molar-refractivity contribution is 5.90. The Morgan fingerprint density at radius 1 is 1.43 bits per heavy atom. The maximum Gasteiger partial charge on any atom is 0.439 e. The quantitative estimate of drug-likeness (QED) is 0.917. The summed E-state index contributed by atoms with van der Waals surface area (Å²) in [5, 5.41) is 3.47. The Kier molecular flexibility index (Phi) is 3.11. The van der Waals surface area contributed by atoms with Crippen LogP contribution in [-0.2, 0) is 0 Å². The van der Waals surface area contributed by atoms with Crippen molar-refractivity contribution in [2.75, 3.05) is 13.1 Å². The van der Waals surface area contributed by atoms with Crippen LogP contribution in [0.4, 0.5) is 4.39 Å². The van der Waals surface area contributed by atoms with E-state index in [1.807, 2.05) is 6.07 Å². The number of carbonyl (C=O) groups is 1. The summed E-state index contributed by atoms with van der Waals surface area (Å²) in [6.07, 6.45) is 3.16. The van der Waals surface area contributed by atoms with E-state index in [9.17, 15) is 14.0 Å². The Balaban J connectivity index is 1.63. The van der Waals surface area contributed by atoms with Crippen LogP contribution >= 0.6 is 0 Å². The van der Waals surface area contributed by atoms with E-state index in [0.717, 1.165) is 24.8 Å². The van der Waals surface area contributed by atoms with Crippen molar-refractivity contribution in [2.45, 2.75) is 25.2 Å². The van der Waals surface area contributed by atoms with Gasteiger partial charge in [0.2, 0.25) is 5.82 Å². The molecule has 1 saturated heterocycles. The number of halogens is 1. The summed E-state index contributed by atoms with van der Waals surface area (Å²) in [4.78, 5) is 27.5. The van der Waals surface area contributed by atoms with E-state index in [1.165, 1.54) is 6.07 Å². The van der Waals surface area contributed by atoms with Crippen molar-refractivity contribution in [3.05, 3.63) is 52.0 Å². The van der Waals surface area contributed by atoms with Gasteiger partial charge in [0.15, 0.2) is 0 Å². The average molecular weight is 317 g/mol. The standard InChI is InChI=1S/C16H16FN3O3/c17-11-4-1-3-10(7-11)12-8-20(9-16(12)5-2-6-16)14(21)13-18-15(22)23-19-13/h1,3-4,7,12H,2,5-6,8-9H2,(H,18,19,22). The van der Waals surface area contributed by atoms with Crippen molar-refractivity contribution in [1.82, 2.24) is 15.0 Å². The van der Waals surface area contributed by atoms with E-state index in [4.69, 9.17) is 0 Å². The third-order valence-electron chi connectivity index (χ3n) is 5.18. The molecule has 120 valence electrons.